The lowest BCUT2D eigenvalue weighted by atomic mass is 10.3. The quantitative estimate of drug-likeness (QED) is 0.673. The number of rotatable bonds is 9. The fourth-order valence-corrected chi connectivity index (χ4v) is 4.85. The second kappa shape index (κ2) is 9.60. The molecule has 0 heterocycles. The maximum Gasteiger partial charge on any atom is 0.264 e. The van der Waals surface area contributed by atoms with Crippen LogP contribution in [0.25, 0.3) is 0 Å². The zero-order valence-electron chi connectivity index (χ0n) is 13.0. The van der Waals surface area contributed by atoms with E-state index in [1.807, 2.05) is 26.8 Å². The molecule has 0 aliphatic rings. The van der Waals surface area contributed by atoms with Crippen molar-refractivity contribution in [1.29, 1.82) is 0 Å². The highest BCUT2D eigenvalue weighted by atomic mass is 35.5. The second-order valence-electron chi connectivity index (χ2n) is 4.31. The van der Waals surface area contributed by atoms with Crippen molar-refractivity contribution in [2.24, 2.45) is 0 Å². The van der Waals surface area contributed by atoms with Gasteiger partial charge in [-0.3, -0.25) is 4.79 Å². The standard InChI is InChI=1S/C14H22ClN2O3PS/c1-4-17(21(22,19-5-2)20-6-3)11-14(18)16-13-10-8-7-9-12(13)15/h7-10H,4-6,11H2,1-3H3,(H,16,18). The van der Waals surface area contributed by atoms with Crippen molar-refractivity contribution in [3.05, 3.63) is 29.3 Å². The van der Waals surface area contributed by atoms with Crippen LogP contribution >= 0.6 is 18.2 Å². The van der Waals surface area contributed by atoms with Crippen molar-refractivity contribution in [1.82, 2.24) is 4.67 Å². The third-order valence-corrected chi connectivity index (χ3v) is 6.71. The number of hydrogen-bond donors (Lipinski definition) is 1. The van der Waals surface area contributed by atoms with Crippen molar-refractivity contribution < 1.29 is 13.8 Å². The van der Waals surface area contributed by atoms with Gasteiger partial charge in [-0.05, 0) is 37.8 Å². The van der Waals surface area contributed by atoms with Gasteiger partial charge in [0.05, 0.1) is 30.5 Å². The molecule has 5 nitrogen and oxygen atoms in total. The molecule has 0 saturated heterocycles. The van der Waals surface area contributed by atoms with E-state index < -0.39 is 6.64 Å². The number of carbonyl (C=O) groups is 1. The van der Waals surface area contributed by atoms with E-state index in [0.29, 0.717) is 30.5 Å². The Labute approximate surface area is 142 Å². The number of carbonyl (C=O) groups excluding carboxylic acids is 1. The first-order valence-corrected chi connectivity index (χ1v) is 10.1. The van der Waals surface area contributed by atoms with Gasteiger partial charge in [0.15, 0.2) is 0 Å². The van der Waals surface area contributed by atoms with Gasteiger partial charge in [0.1, 0.15) is 0 Å². The van der Waals surface area contributed by atoms with Crippen molar-refractivity contribution in [3.8, 4) is 0 Å². The number of amides is 1. The maximum atomic E-state index is 12.2. The zero-order valence-corrected chi connectivity index (χ0v) is 15.5. The van der Waals surface area contributed by atoms with Gasteiger partial charge in [0, 0.05) is 6.54 Å². The lowest BCUT2D eigenvalue weighted by Crippen LogP contribution is -2.32. The molecule has 124 valence electrons. The van der Waals surface area contributed by atoms with Crippen LogP contribution in [-0.2, 0) is 25.6 Å². The van der Waals surface area contributed by atoms with Gasteiger partial charge < -0.3 is 14.4 Å². The minimum Gasteiger partial charge on any atom is -0.324 e. The van der Waals surface area contributed by atoms with E-state index in [-0.39, 0.29) is 12.5 Å². The molecule has 1 aromatic carbocycles. The summed E-state index contributed by atoms with van der Waals surface area (Å²) in [7, 11) is 0. The van der Waals surface area contributed by atoms with Gasteiger partial charge in [0.25, 0.3) is 6.64 Å². The summed E-state index contributed by atoms with van der Waals surface area (Å²) < 4.78 is 13.0. The van der Waals surface area contributed by atoms with E-state index in [2.05, 4.69) is 5.32 Å². The third-order valence-electron chi connectivity index (χ3n) is 2.77. The van der Waals surface area contributed by atoms with Crippen LogP contribution in [-0.4, -0.2) is 36.9 Å². The highest BCUT2D eigenvalue weighted by Crippen LogP contribution is 2.51. The van der Waals surface area contributed by atoms with Crippen LogP contribution in [0.4, 0.5) is 5.69 Å². The lowest BCUT2D eigenvalue weighted by Gasteiger charge is -2.31. The first-order chi connectivity index (χ1) is 10.5. The Morgan fingerprint density at radius 1 is 1.27 bits per heavy atom. The predicted molar refractivity (Wildman–Crippen MR) is 94.9 cm³/mol. The van der Waals surface area contributed by atoms with Gasteiger partial charge in [-0.1, -0.05) is 30.7 Å². The highest BCUT2D eigenvalue weighted by Gasteiger charge is 2.28. The molecule has 0 aliphatic heterocycles. The number of nitrogens with one attached hydrogen (secondary N) is 1. The fourth-order valence-electron chi connectivity index (χ4n) is 1.82. The van der Waals surface area contributed by atoms with Crippen molar-refractivity contribution in [2.45, 2.75) is 20.8 Å². The molecule has 1 rings (SSSR count). The van der Waals surface area contributed by atoms with Crippen molar-refractivity contribution >= 4 is 41.6 Å². The molecule has 0 radical (unpaired) electrons. The maximum absolute atomic E-state index is 12.2. The average molecular weight is 365 g/mol. The molecule has 0 fully saturated rings. The molecule has 0 unspecified atom stereocenters. The van der Waals surface area contributed by atoms with Crippen LogP contribution < -0.4 is 5.32 Å². The highest BCUT2D eigenvalue weighted by molar-refractivity contribution is 8.08. The summed E-state index contributed by atoms with van der Waals surface area (Å²) >= 11 is 11.6. The van der Waals surface area contributed by atoms with Crippen LogP contribution in [0.15, 0.2) is 24.3 Å². The Balaban J connectivity index is 2.78. The number of likely N-dealkylation sites (N-methyl/N-ethyl adjacent to an activating group) is 1. The molecule has 0 spiro atoms. The Morgan fingerprint density at radius 3 is 2.36 bits per heavy atom. The van der Waals surface area contributed by atoms with Crippen LogP contribution in [0.1, 0.15) is 20.8 Å². The topological polar surface area (TPSA) is 50.8 Å². The summed E-state index contributed by atoms with van der Waals surface area (Å²) in [6, 6.07) is 7.08. The second-order valence-corrected chi connectivity index (χ2v) is 8.12. The number of nitrogens with zero attached hydrogens (tertiary/aromatic N) is 1. The smallest absolute Gasteiger partial charge is 0.264 e. The van der Waals surface area contributed by atoms with E-state index in [0.717, 1.165) is 0 Å². The molecular weight excluding hydrogens is 343 g/mol. The summed E-state index contributed by atoms with van der Waals surface area (Å²) in [6.45, 7) is 4.56. The van der Waals surface area contributed by atoms with Gasteiger partial charge in [0.2, 0.25) is 5.91 Å². The first kappa shape index (κ1) is 19.6. The molecule has 0 atom stereocenters. The fraction of sp³-hybridized carbons (Fsp3) is 0.500. The molecule has 0 aliphatic carbocycles. The minimum absolute atomic E-state index is 0.0962. The molecular formula is C14H22ClN2O3PS. The van der Waals surface area contributed by atoms with Crippen LogP contribution in [0.5, 0.6) is 0 Å². The molecule has 1 amide bonds. The molecule has 8 heteroatoms. The van der Waals surface area contributed by atoms with Gasteiger partial charge in [-0.2, -0.15) is 0 Å². The largest absolute Gasteiger partial charge is 0.324 e. The van der Waals surface area contributed by atoms with Crippen LogP contribution in [0.3, 0.4) is 0 Å². The summed E-state index contributed by atoms with van der Waals surface area (Å²) in [5.41, 5.74) is 0.575. The van der Waals surface area contributed by atoms with Crippen LogP contribution in [0, 0.1) is 0 Å². The normalized spacial score (nSPS) is 11.7. The molecule has 0 saturated carbocycles. The van der Waals surface area contributed by atoms with Gasteiger partial charge in [-0.25, -0.2) is 4.67 Å². The van der Waals surface area contributed by atoms with Gasteiger partial charge in [-0.15, -0.1) is 0 Å². The summed E-state index contributed by atoms with van der Waals surface area (Å²) in [5, 5.41) is 3.27. The van der Waals surface area contributed by atoms with E-state index in [1.165, 1.54) is 0 Å². The van der Waals surface area contributed by atoms with Crippen molar-refractivity contribution in [3.63, 3.8) is 0 Å². The number of para-hydroxylation sites is 1. The average Bonchev–Trinajstić information content (AvgIpc) is 2.47. The van der Waals surface area contributed by atoms with E-state index in [9.17, 15) is 4.79 Å². The van der Waals surface area contributed by atoms with Crippen molar-refractivity contribution in [2.75, 3.05) is 31.6 Å². The Bertz CT molecular complexity index is 535. The SMILES string of the molecule is CCOP(=S)(OCC)N(CC)CC(=O)Nc1ccccc1Cl. The number of halogens is 1. The van der Waals surface area contributed by atoms with E-state index >= 15 is 0 Å². The summed E-state index contributed by atoms with van der Waals surface area (Å²) in [6.07, 6.45) is 0. The Morgan fingerprint density at radius 2 is 1.86 bits per heavy atom. The zero-order chi connectivity index (χ0) is 16.6. The molecule has 22 heavy (non-hydrogen) atoms. The van der Waals surface area contributed by atoms with Crippen LogP contribution in [0.2, 0.25) is 5.02 Å². The predicted octanol–water partition coefficient (Wildman–Crippen LogP) is 3.90. The first-order valence-electron chi connectivity index (χ1n) is 7.15. The summed E-state index contributed by atoms with van der Waals surface area (Å²) in [4.78, 5) is 12.2. The monoisotopic (exact) mass is 364 g/mol. The molecule has 0 aromatic heterocycles. The number of benzene rings is 1. The third kappa shape index (κ3) is 5.61. The molecule has 0 bridgehead atoms. The van der Waals surface area contributed by atoms with E-state index in [4.69, 9.17) is 32.5 Å². The van der Waals surface area contributed by atoms with E-state index in [1.54, 1.807) is 22.9 Å². The number of anilines is 1. The molecule has 1 aromatic rings. The van der Waals surface area contributed by atoms with Gasteiger partial charge >= 0.3 is 0 Å². The Hall–Kier alpha value is -0.490. The minimum atomic E-state index is -2.63. The number of hydrogen-bond acceptors (Lipinski definition) is 4. The lowest BCUT2D eigenvalue weighted by molar-refractivity contribution is -0.116. The summed E-state index contributed by atoms with van der Waals surface area (Å²) in [5.74, 6) is -0.205. The Kier molecular flexibility index (Phi) is 8.54. The molecule has 1 N–H and O–H groups in total.